The van der Waals surface area contributed by atoms with Crippen molar-refractivity contribution in [2.24, 2.45) is 0 Å². The van der Waals surface area contributed by atoms with E-state index in [4.69, 9.17) is 9.47 Å². The second-order valence-corrected chi connectivity index (χ2v) is 5.46. The van der Waals surface area contributed by atoms with E-state index in [-0.39, 0.29) is 5.56 Å². The number of hydrogen-bond acceptors (Lipinski definition) is 6. The standard InChI is InChI=1S/C18H25NO6/c1-4-5-6-7-12-24-15-10-8-14(9-11-15)17(21)25-13(2)16(20)19-18(22)23-3/h8-11,13H,4-7,12H2,1-3H3,(H,19,20,22)/t13-/m0/s1. The molecular formula is C18H25NO6. The monoisotopic (exact) mass is 351 g/mol. The normalized spacial score (nSPS) is 11.3. The highest BCUT2D eigenvalue weighted by Crippen LogP contribution is 2.14. The van der Waals surface area contributed by atoms with Crippen LogP contribution in [0.2, 0.25) is 0 Å². The molecule has 0 saturated carbocycles. The second-order valence-electron chi connectivity index (χ2n) is 5.46. The van der Waals surface area contributed by atoms with Crippen LogP contribution in [-0.4, -0.2) is 37.8 Å². The summed E-state index contributed by atoms with van der Waals surface area (Å²) < 4.78 is 14.9. The highest BCUT2D eigenvalue weighted by Gasteiger charge is 2.21. The van der Waals surface area contributed by atoms with Crippen LogP contribution in [0.1, 0.15) is 49.9 Å². The molecule has 1 N–H and O–H groups in total. The minimum absolute atomic E-state index is 0.288. The van der Waals surface area contributed by atoms with E-state index in [2.05, 4.69) is 11.7 Å². The molecule has 1 atom stereocenters. The second kappa shape index (κ2) is 11.1. The van der Waals surface area contributed by atoms with E-state index < -0.39 is 24.1 Å². The molecule has 0 aromatic heterocycles. The van der Waals surface area contributed by atoms with Crippen molar-refractivity contribution in [3.63, 3.8) is 0 Å². The molecule has 1 rings (SSSR count). The Kier molecular flexibility index (Phi) is 9.06. The van der Waals surface area contributed by atoms with E-state index in [1.807, 2.05) is 5.32 Å². The van der Waals surface area contributed by atoms with Crippen molar-refractivity contribution in [2.75, 3.05) is 13.7 Å². The zero-order chi connectivity index (χ0) is 18.7. The molecule has 7 heteroatoms. The lowest BCUT2D eigenvalue weighted by molar-refractivity contribution is -0.128. The summed E-state index contributed by atoms with van der Waals surface area (Å²) in [6.45, 7) is 4.15. The summed E-state index contributed by atoms with van der Waals surface area (Å²) in [5.41, 5.74) is 0.288. The Labute approximate surface area is 147 Å². The van der Waals surface area contributed by atoms with Crippen LogP contribution in [0.4, 0.5) is 4.79 Å². The first-order valence-electron chi connectivity index (χ1n) is 8.30. The molecule has 0 radical (unpaired) electrons. The number of nitrogens with one attached hydrogen (secondary N) is 1. The topological polar surface area (TPSA) is 90.9 Å². The van der Waals surface area contributed by atoms with Crippen LogP contribution in [0.3, 0.4) is 0 Å². The van der Waals surface area contributed by atoms with Crippen LogP contribution in [0.25, 0.3) is 0 Å². The van der Waals surface area contributed by atoms with E-state index in [9.17, 15) is 14.4 Å². The molecule has 0 heterocycles. The Bertz CT molecular complexity index is 569. The molecule has 0 aliphatic carbocycles. The first-order chi connectivity index (χ1) is 12.0. The number of unbranched alkanes of at least 4 members (excludes halogenated alkanes) is 3. The molecule has 2 amide bonds. The van der Waals surface area contributed by atoms with Crippen LogP contribution in [0, 0.1) is 0 Å². The van der Waals surface area contributed by atoms with E-state index in [1.54, 1.807) is 24.3 Å². The number of rotatable bonds is 9. The lowest BCUT2D eigenvalue weighted by Crippen LogP contribution is -2.39. The molecule has 138 valence electrons. The lowest BCUT2D eigenvalue weighted by atomic mass is 10.2. The number of carbonyl (C=O) groups excluding carboxylic acids is 3. The molecule has 0 aliphatic heterocycles. The van der Waals surface area contributed by atoms with E-state index >= 15 is 0 Å². The fourth-order valence-corrected chi connectivity index (χ4v) is 1.94. The smallest absolute Gasteiger partial charge is 0.413 e. The van der Waals surface area contributed by atoms with Gasteiger partial charge >= 0.3 is 12.1 Å². The maximum absolute atomic E-state index is 12.0. The van der Waals surface area contributed by atoms with Gasteiger partial charge in [-0.15, -0.1) is 0 Å². The highest BCUT2D eigenvalue weighted by molar-refractivity contribution is 5.97. The molecule has 0 unspecified atom stereocenters. The van der Waals surface area contributed by atoms with Gasteiger partial charge in [0.25, 0.3) is 5.91 Å². The quantitative estimate of drug-likeness (QED) is 0.543. The van der Waals surface area contributed by atoms with Gasteiger partial charge in [-0.25, -0.2) is 9.59 Å². The number of hydrogen-bond donors (Lipinski definition) is 1. The van der Waals surface area contributed by atoms with E-state index in [1.165, 1.54) is 19.8 Å². The number of ether oxygens (including phenoxy) is 3. The van der Waals surface area contributed by atoms with Gasteiger partial charge in [0.05, 0.1) is 19.3 Å². The van der Waals surface area contributed by atoms with Crippen LogP contribution >= 0.6 is 0 Å². The van der Waals surface area contributed by atoms with Crippen LogP contribution in [0.15, 0.2) is 24.3 Å². The third-order valence-electron chi connectivity index (χ3n) is 3.42. The van der Waals surface area contributed by atoms with Gasteiger partial charge in [0.1, 0.15) is 5.75 Å². The Hall–Kier alpha value is -2.57. The van der Waals surface area contributed by atoms with Gasteiger partial charge in [-0.3, -0.25) is 10.1 Å². The largest absolute Gasteiger partial charge is 0.494 e. The summed E-state index contributed by atoms with van der Waals surface area (Å²) in [7, 11) is 1.13. The Morgan fingerprint density at radius 1 is 1.08 bits per heavy atom. The predicted octanol–water partition coefficient (Wildman–Crippen LogP) is 3.07. The number of amides is 2. The summed E-state index contributed by atoms with van der Waals surface area (Å²) in [6.07, 6.45) is 2.45. The molecule has 0 fully saturated rings. The summed E-state index contributed by atoms with van der Waals surface area (Å²) in [5, 5.41) is 1.94. The van der Waals surface area contributed by atoms with Gasteiger partial charge in [0.2, 0.25) is 0 Å². The fraction of sp³-hybridized carbons (Fsp3) is 0.500. The van der Waals surface area contributed by atoms with E-state index in [0.29, 0.717) is 12.4 Å². The predicted molar refractivity (Wildman–Crippen MR) is 91.5 cm³/mol. The Morgan fingerprint density at radius 2 is 1.76 bits per heavy atom. The average Bonchev–Trinajstić information content (AvgIpc) is 2.61. The molecule has 0 aliphatic rings. The number of carbonyl (C=O) groups is 3. The SMILES string of the molecule is CCCCCCOc1ccc(C(=O)O[C@@H](C)C(=O)NC(=O)OC)cc1. The maximum Gasteiger partial charge on any atom is 0.413 e. The maximum atomic E-state index is 12.0. The van der Waals surface area contributed by atoms with Crippen molar-refractivity contribution in [1.82, 2.24) is 5.32 Å². The fourth-order valence-electron chi connectivity index (χ4n) is 1.94. The van der Waals surface area contributed by atoms with Gasteiger partial charge in [-0.05, 0) is 37.6 Å². The van der Waals surface area contributed by atoms with Gasteiger partial charge in [-0.2, -0.15) is 0 Å². The molecule has 0 bridgehead atoms. The van der Waals surface area contributed by atoms with Crippen molar-refractivity contribution in [2.45, 2.75) is 45.6 Å². The van der Waals surface area contributed by atoms with Crippen LogP contribution in [-0.2, 0) is 14.3 Å². The summed E-state index contributed by atoms with van der Waals surface area (Å²) in [4.78, 5) is 34.6. The summed E-state index contributed by atoms with van der Waals surface area (Å²) >= 11 is 0. The van der Waals surface area contributed by atoms with E-state index in [0.717, 1.165) is 20.0 Å². The van der Waals surface area contributed by atoms with Crippen molar-refractivity contribution >= 4 is 18.0 Å². The molecular weight excluding hydrogens is 326 g/mol. The molecule has 7 nitrogen and oxygen atoms in total. The lowest BCUT2D eigenvalue weighted by Gasteiger charge is -2.12. The average molecular weight is 351 g/mol. The number of benzene rings is 1. The number of esters is 1. The minimum atomic E-state index is -1.12. The van der Waals surface area contributed by atoms with Gasteiger partial charge in [-0.1, -0.05) is 26.2 Å². The number of alkyl carbamates (subject to hydrolysis) is 1. The summed E-state index contributed by atoms with van der Waals surface area (Å²) in [6, 6.07) is 6.48. The van der Waals surface area contributed by atoms with Gasteiger partial charge in [0.15, 0.2) is 6.10 Å². The Balaban J connectivity index is 2.45. The number of imide groups is 1. The Morgan fingerprint density at radius 3 is 2.36 bits per heavy atom. The first-order valence-corrected chi connectivity index (χ1v) is 8.30. The molecule has 1 aromatic rings. The van der Waals surface area contributed by atoms with Crippen LogP contribution < -0.4 is 10.1 Å². The number of methoxy groups -OCH3 is 1. The zero-order valence-electron chi connectivity index (χ0n) is 14.9. The molecule has 25 heavy (non-hydrogen) atoms. The zero-order valence-corrected chi connectivity index (χ0v) is 14.9. The van der Waals surface area contributed by atoms with Crippen molar-refractivity contribution in [3.8, 4) is 5.75 Å². The summed E-state index contributed by atoms with van der Waals surface area (Å²) in [5.74, 6) is -0.751. The van der Waals surface area contributed by atoms with Gasteiger partial charge < -0.3 is 14.2 Å². The van der Waals surface area contributed by atoms with Crippen molar-refractivity contribution < 1.29 is 28.6 Å². The van der Waals surface area contributed by atoms with Crippen molar-refractivity contribution in [3.05, 3.63) is 29.8 Å². The molecule has 0 spiro atoms. The molecule has 1 aromatic carbocycles. The highest BCUT2D eigenvalue weighted by atomic mass is 16.6. The van der Waals surface area contributed by atoms with Gasteiger partial charge in [0, 0.05) is 0 Å². The molecule has 0 saturated heterocycles. The van der Waals surface area contributed by atoms with Crippen molar-refractivity contribution in [1.29, 1.82) is 0 Å². The van der Waals surface area contributed by atoms with Crippen LogP contribution in [0.5, 0.6) is 5.75 Å². The third-order valence-corrected chi connectivity index (χ3v) is 3.42. The third kappa shape index (κ3) is 7.69. The minimum Gasteiger partial charge on any atom is -0.494 e. The first kappa shape index (κ1) is 20.5.